The molecule has 3 aromatic heterocycles. The molecule has 102 valence electrons. The van der Waals surface area contributed by atoms with Gasteiger partial charge in [0.1, 0.15) is 6.33 Å². The van der Waals surface area contributed by atoms with Crippen molar-refractivity contribution in [3.05, 3.63) is 35.7 Å². The Morgan fingerprint density at radius 3 is 3.15 bits per heavy atom. The molecule has 20 heavy (non-hydrogen) atoms. The Morgan fingerprint density at radius 2 is 2.25 bits per heavy atom. The molecule has 6 heteroatoms. The molecule has 1 aliphatic heterocycles. The highest BCUT2D eigenvalue weighted by Gasteiger charge is 2.27. The van der Waals surface area contributed by atoms with Crippen molar-refractivity contribution in [3.8, 4) is 0 Å². The van der Waals surface area contributed by atoms with Gasteiger partial charge in [0.05, 0.1) is 22.0 Å². The Kier molecular flexibility index (Phi) is 2.88. The molecule has 1 N–H and O–H groups in total. The first-order valence-corrected chi connectivity index (χ1v) is 7.75. The molecule has 0 bridgehead atoms. The van der Waals surface area contributed by atoms with Crippen LogP contribution in [0.3, 0.4) is 0 Å². The Labute approximate surface area is 120 Å². The van der Waals surface area contributed by atoms with Crippen molar-refractivity contribution in [2.24, 2.45) is 0 Å². The third kappa shape index (κ3) is 1.87. The minimum atomic E-state index is 0.339. The summed E-state index contributed by atoms with van der Waals surface area (Å²) in [5.41, 5.74) is 2.21. The zero-order chi connectivity index (χ0) is 13.4. The van der Waals surface area contributed by atoms with Crippen LogP contribution in [0.4, 0.5) is 5.82 Å². The van der Waals surface area contributed by atoms with E-state index in [1.165, 1.54) is 23.2 Å². The van der Waals surface area contributed by atoms with E-state index in [1.54, 1.807) is 17.7 Å². The highest BCUT2D eigenvalue weighted by molar-refractivity contribution is 7.17. The molecular formula is C14H15N5S. The highest BCUT2D eigenvalue weighted by Crippen LogP contribution is 2.37. The van der Waals surface area contributed by atoms with Crippen LogP contribution in [0.2, 0.25) is 0 Å². The van der Waals surface area contributed by atoms with Gasteiger partial charge < -0.3 is 4.90 Å². The predicted molar refractivity (Wildman–Crippen MR) is 79.9 cm³/mol. The van der Waals surface area contributed by atoms with Gasteiger partial charge in [-0.2, -0.15) is 5.10 Å². The second-order valence-electron chi connectivity index (χ2n) is 5.05. The van der Waals surface area contributed by atoms with Crippen LogP contribution >= 0.6 is 11.3 Å². The van der Waals surface area contributed by atoms with Crippen molar-refractivity contribution >= 4 is 27.4 Å². The maximum Gasteiger partial charge on any atom is 0.150 e. The van der Waals surface area contributed by atoms with E-state index in [2.05, 4.69) is 42.6 Å². The smallest absolute Gasteiger partial charge is 0.150 e. The third-order valence-corrected chi connectivity index (χ3v) is 4.78. The number of thiophene rings is 1. The van der Waals surface area contributed by atoms with E-state index in [-0.39, 0.29) is 0 Å². The molecule has 0 amide bonds. The largest absolute Gasteiger partial charge is 0.347 e. The number of rotatable bonds is 2. The standard InChI is InChI=1S/C14H15N5S/c1-2-7-19(12(3-1)10-4-6-17-18-10)14-13-11(5-8-20-13)15-9-16-14/h4-6,8-9,12H,1-3,7H2,(H,17,18). The van der Waals surface area contributed by atoms with E-state index >= 15 is 0 Å². The zero-order valence-corrected chi connectivity index (χ0v) is 11.8. The molecule has 0 saturated carbocycles. The average molecular weight is 285 g/mol. The lowest BCUT2D eigenvalue weighted by Crippen LogP contribution is -2.34. The van der Waals surface area contributed by atoms with Crippen molar-refractivity contribution in [3.63, 3.8) is 0 Å². The minimum Gasteiger partial charge on any atom is -0.347 e. The summed E-state index contributed by atoms with van der Waals surface area (Å²) < 4.78 is 1.18. The topological polar surface area (TPSA) is 57.7 Å². The number of hydrogen-bond acceptors (Lipinski definition) is 5. The molecule has 0 spiro atoms. The fourth-order valence-corrected chi connectivity index (χ4v) is 3.79. The lowest BCUT2D eigenvalue weighted by molar-refractivity contribution is 0.462. The molecule has 0 aromatic carbocycles. The lowest BCUT2D eigenvalue weighted by atomic mass is 9.99. The SMILES string of the molecule is c1cc(C2CCCCN2c2ncnc3ccsc23)[nH]n1. The fraction of sp³-hybridized carbons (Fsp3) is 0.357. The quantitative estimate of drug-likeness (QED) is 0.786. The van der Waals surface area contributed by atoms with Gasteiger partial charge in [0, 0.05) is 12.7 Å². The number of nitrogens with zero attached hydrogens (tertiary/aromatic N) is 4. The number of nitrogens with one attached hydrogen (secondary N) is 1. The van der Waals surface area contributed by atoms with Gasteiger partial charge in [0.25, 0.3) is 0 Å². The molecule has 0 radical (unpaired) electrons. The molecular weight excluding hydrogens is 270 g/mol. The molecule has 4 heterocycles. The summed E-state index contributed by atoms with van der Waals surface area (Å²) in [6.07, 6.45) is 7.09. The molecule has 0 aliphatic carbocycles. The normalized spacial score (nSPS) is 19.6. The van der Waals surface area contributed by atoms with Crippen molar-refractivity contribution in [2.75, 3.05) is 11.4 Å². The van der Waals surface area contributed by atoms with Gasteiger partial charge >= 0.3 is 0 Å². The van der Waals surface area contributed by atoms with Gasteiger partial charge in [-0.15, -0.1) is 11.3 Å². The van der Waals surface area contributed by atoms with Gasteiger partial charge in [-0.1, -0.05) is 0 Å². The van der Waals surface area contributed by atoms with Gasteiger partial charge in [-0.25, -0.2) is 9.97 Å². The fourth-order valence-electron chi connectivity index (χ4n) is 2.94. The van der Waals surface area contributed by atoms with E-state index < -0.39 is 0 Å². The molecule has 1 atom stereocenters. The first-order chi connectivity index (χ1) is 9.93. The van der Waals surface area contributed by atoms with Gasteiger partial charge in [-0.05, 0) is 36.8 Å². The van der Waals surface area contributed by atoms with Crippen molar-refractivity contribution in [1.82, 2.24) is 20.2 Å². The van der Waals surface area contributed by atoms with Crippen molar-refractivity contribution in [1.29, 1.82) is 0 Å². The van der Waals surface area contributed by atoms with Gasteiger partial charge in [0.2, 0.25) is 0 Å². The zero-order valence-electron chi connectivity index (χ0n) is 11.0. The van der Waals surface area contributed by atoms with Crippen LogP contribution in [0.5, 0.6) is 0 Å². The summed E-state index contributed by atoms with van der Waals surface area (Å²) >= 11 is 1.71. The molecule has 1 fully saturated rings. The van der Waals surface area contributed by atoms with Crippen LogP contribution in [-0.4, -0.2) is 26.7 Å². The van der Waals surface area contributed by atoms with Crippen LogP contribution in [0.15, 0.2) is 30.0 Å². The molecule has 1 aliphatic rings. The van der Waals surface area contributed by atoms with E-state index in [9.17, 15) is 0 Å². The monoisotopic (exact) mass is 285 g/mol. The summed E-state index contributed by atoms with van der Waals surface area (Å²) in [5, 5.41) is 9.29. The lowest BCUT2D eigenvalue weighted by Gasteiger charge is -2.36. The van der Waals surface area contributed by atoms with Crippen LogP contribution in [0.25, 0.3) is 10.2 Å². The number of anilines is 1. The maximum absolute atomic E-state index is 4.55. The summed E-state index contributed by atoms with van der Waals surface area (Å²) in [7, 11) is 0. The second kappa shape index (κ2) is 4.86. The summed E-state index contributed by atoms with van der Waals surface area (Å²) in [6.45, 7) is 1.04. The van der Waals surface area contributed by atoms with Gasteiger partial charge in [0.15, 0.2) is 5.82 Å². The third-order valence-electron chi connectivity index (χ3n) is 3.88. The van der Waals surface area contributed by atoms with Crippen LogP contribution in [-0.2, 0) is 0 Å². The first kappa shape index (κ1) is 11.8. The van der Waals surface area contributed by atoms with E-state index in [1.807, 2.05) is 6.20 Å². The molecule has 1 saturated heterocycles. The van der Waals surface area contributed by atoms with E-state index in [0.717, 1.165) is 24.3 Å². The second-order valence-corrected chi connectivity index (χ2v) is 5.97. The summed E-state index contributed by atoms with van der Waals surface area (Å²) in [6, 6.07) is 4.46. The van der Waals surface area contributed by atoms with Gasteiger partial charge in [-0.3, -0.25) is 5.10 Å². The van der Waals surface area contributed by atoms with E-state index in [0.29, 0.717) is 6.04 Å². The predicted octanol–water partition coefficient (Wildman–Crippen LogP) is 3.15. The van der Waals surface area contributed by atoms with Crippen LogP contribution in [0, 0.1) is 0 Å². The molecule has 5 nitrogen and oxygen atoms in total. The number of fused-ring (bicyclic) bond motifs is 1. The Balaban J connectivity index is 1.80. The average Bonchev–Trinajstić information content (AvgIpc) is 3.18. The van der Waals surface area contributed by atoms with E-state index in [4.69, 9.17) is 0 Å². The number of piperidine rings is 1. The van der Waals surface area contributed by atoms with Crippen LogP contribution in [0.1, 0.15) is 31.0 Å². The Hall–Kier alpha value is -1.95. The van der Waals surface area contributed by atoms with Crippen LogP contribution < -0.4 is 4.90 Å². The molecule has 1 unspecified atom stereocenters. The minimum absolute atomic E-state index is 0.339. The maximum atomic E-state index is 4.55. The van der Waals surface area contributed by atoms with Crippen molar-refractivity contribution in [2.45, 2.75) is 25.3 Å². The number of aromatic amines is 1. The highest BCUT2D eigenvalue weighted by atomic mass is 32.1. The molecule has 4 rings (SSSR count). The number of aromatic nitrogens is 4. The Morgan fingerprint density at radius 1 is 1.25 bits per heavy atom. The number of H-pyrrole nitrogens is 1. The number of hydrogen-bond donors (Lipinski definition) is 1. The first-order valence-electron chi connectivity index (χ1n) is 6.87. The Bertz CT molecular complexity index is 705. The summed E-state index contributed by atoms with van der Waals surface area (Å²) in [5.74, 6) is 1.06. The van der Waals surface area contributed by atoms with Crippen molar-refractivity contribution < 1.29 is 0 Å². The summed E-state index contributed by atoms with van der Waals surface area (Å²) in [4.78, 5) is 11.3. The molecule has 3 aromatic rings.